The number of piperazine rings is 1. The summed E-state index contributed by atoms with van der Waals surface area (Å²) in [5.41, 5.74) is 2.16. The van der Waals surface area contributed by atoms with Crippen molar-refractivity contribution in [3.8, 4) is 0 Å². The van der Waals surface area contributed by atoms with Crippen LogP contribution in [0.5, 0.6) is 0 Å². The average molecular weight is 232 g/mol. The molecule has 2 rings (SSSR count). The molecule has 0 aliphatic carbocycles. The monoisotopic (exact) mass is 232 g/mol. The van der Waals surface area contributed by atoms with Crippen LogP contribution < -0.4 is 10.2 Å². The highest BCUT2D eigenvalue weighted by Gasteiger charge is 2.36. The number of carbonyl (C=O) groups excluding carboxylic acids is 1. The van der Waals surface area contributed by atoms with Gasteiger partial charge >= 0.3 is 0 Å². The maximum atomic E-state index is 12.2. The van der Waals surface area contributed by atoms with Crippen molar-refractivity contribution in [2.45, 2.75) is 39.3 Å². The number of nitrogens with zero attached hydrogens (tertiary/aromatic N) is 1. The van der Waals surface area contributed by atoms with Crippen LogP contribution in [0, 0.1) is 6.92 Å². The van der Waals surface area contributed by atoms with E-state index in [0.29, 0.717) is 6.54 Å². The van der Waals surface area contributed by atoms with Crippen LogP contribution in [0.2, 0.25) is 0 Å². The first kappa shape index (κ1) is 12.1. The number of amides is 1. The van der Waals surface area contributed by atoms with Crippen molar-refractivity contribution >= 4 is 11.6 Å². The molecule has 3 nitrogen and oxygen atoms in total. The van der Waals surface area contributed by atoms with E-state index in [1.807, 2.05) is 36.1 Å². The van der Waals surface area contributed by atoms with Crippen LogP contribution in [-0.2, 0) is 4.79 Å². The van der Waals surface area contributed by atoms with Gasteiger partial charge in [0.05, 0.1) is 6.04 Å². The molecule has 92 valence electrons. The van der Waals surface area contributed by atoms with E-state index in [4.69, 9.17) is 0 Å². The zero-order chi connectivity index (χ0) is 12.6. The molecule has 0 aromatic heterocycles. The first-order chi connectivity index (χ1) is 7.89. The zero-order valence-corrected chi connectivity index (χ0v) is 10.9. The fraction of sp³-hybridized carbons (Fsp3) is 0.500. The van der Waals surface area contributed by atoms with E-state index in [2.05, 4.69) is 26.1 Å². The maximum absolute atomic E-state index is 12.2. The first-order valence-corrected chi connectivity index (χ1v) is 6.05. The maximum Gasteiger partial charge on any atom is 0.243 e. The van der Waals surface area contributed by atoms with Gasteiger partial charge in [-0.2, -0.15) is 0 Å². The van der Waals surface area contributed by atoms with Gasteiger partial charge in [-0.05, 0) is 39.8 Å². The van der Waals surface area contributed by atoms with Crippen molar-refractivity contribution < 1.29 is 4.79 Å². The summed E-state index contributed by atoms with van der Waals surface area (Å²) in [7, 11) is 0. The Labute approximate surface area is 103 Å². The van der Waals surface area contributed by atoms with Gasteiger partial charge < -0.3 is 4.90 Å². The molecule has 0 saturated carbocycles. The van der Waals surface area contributed by atoms with Gasteiger partial charge in [0.25, 0.3) is 0 Å². The van der Waals surface area contributed by atoms with E-state index in [1.165, 1.54) is 5.56 Å². The zero-order valence-electron chi connectivity index (χ0n) is 10.9. The third-order valence-corrected chi connectivity index (χ3v) is 3.14. The summed E-state index contributed by atoms with van der Waals surface area (Å²) in [6.07, 6.45) is 0. The number of carbonyl (C=O) groups is 1. The van der Waals surface area contributed by atoms with Crippen molar-refractivity contribution in [2.24, 2.45) is 0 Å². The molecule has 0 spiro atoms. The van der Waals surface area contributed by atoms with Crippen molar-refractivity contribution in [3.63, 3.8) is 0 Å². The first-order valence-electron chi connectivity index (χ1n) is 6.05. The fourth-order valence-corrected chi connectivity index (χ4v) is 2.34. The standard InChI is InChI=1S/C14H20N2O/c1-10-5-7-12(8-6-10)16-9-14(3,4)15-11(2)13(16)17/h5-8,11,15H,9H2,1-4H3. The summed E-state index contributed by atoms with van der Waals surface area (Å²) in [5.74, 6) is 0.146. The number of anilines is 1. The number of benzene rings is 1. The predicted molar refractivity (Wildman–Crippen MR) is 70.2 cm³/mol. The van der Waals surface area contributed by atoms with Gasteiger partial charge in [-0.3, -0.25) is 10.1 Å². The van der Waals surface area contributed by atoms with E-state index >= 15 is 0 Å². The number of hydrogen-bond donors (Lipinski definition) is 1. The smallest absolute Gasteiger partial charge is 0.243 e. The molecular weight excluding hydrogens is 212 g/mol. The third-order valence-electron chi connectivity index (χ3n) is 3.14. The SMILES string of the molecule is Cc1ccc(N2CC(C)(C)NC(C)C2=O)cc1. The Kier molecular flexibility index (Phi) is 2.96. The number of rotatable bonds is 1. The van der Waals surface area contributed by atoms with Crippen LogP contribution in [0.1, 0.15) is 26.3 Å². The molecule has 1 fully saturated rings. The van der Waals surface area contributed by atoms with Crippen LogP contribution in [0.3, 0.4) is 0 Å². The Hall–Kier alpha value is -1.35. The quantitative estimate of drug-likeness (QED) is 0.804. The second-order valence-corrected chi connectivity index (χ2v) is 5.51. The Balaban J connectivity index is 2.30. The molecule has 1 aliphatic heterocycles. The van der Waals surface area contributed by atoms with Crippen LogP contribution >= 0.6 is 0 Å². The van der Waals surface area contributed by atoms with E-state index in [1.54, 1.807) is 0 Å². The molecule has 1 aromatic rings. The summed E-state index contributed by atoms with van der Waals surface area (Å²) < 4.78 is 0. The van der Waals surface area contributed by atoms with Crippen molar-refractivity contribution in [1.29, 1.82) is 0 Å². The van der Waals surface area contributed by atoms with Gasteiger partial charge in [0.15, 0.2) is 0 Å². The van der Waals surface area contributed by atoms with Crippen molar-refractivity contribution in [2.75, 3.05) is 11.4 Å². The highest BCUT2D eigenvalue weighted by Crippen LogP contribution is 2.23. The minimum Gasteiger partial charge on any atom is -0.309 e. The molecule has 1 saturated heterocycles. The summed E-state index contributed by atoms with van der Waals surface area (Å²) in [6, 6.07) is 7.99. The average Bonchev–Trinajstić information content (AvgIpc) is 2.24. The lowest BCUT2D eigenvalue weighted by Crippen LogP contribution is -2.64. The fourth-order valence-electron chi connectivity index (χ4n) is 2.34. The van der Waals surface area contributed by atoms with Crippen LogP contribution in [0.4, 0.5) is 5.69 Å². The minimum absolute atomic E-state index is 0.0434. The van der Waals surface area contributed by atoms with Gasteiger partial charge in [-0.1, -0.05) is 17.7 Å². The van der Waals surface area contributed by atoms with Gasteiger partial charge in [-0.25, -0.2) is 0 Å². The molecule has 0 radical (unpaired) electrons. The van der Waals surface area contributed by atoms with Crippen LogP contribution in [-0.4, -0.2) is 24.0 Å². The summed E-state index contributed by atoms with van der Waals surface area (Å²) in [4.78, 5) is 14.0. The molecule has 17 heavy (non-hydrogen) atoms. The van der Waals surface area contributed by atoms with Gasteiger partial charge in [0, 0.05) is 17.8 Å². The van der Waals surface area contributed by atoms with E-state index in [0.717, 1.165) is 5.69 Å². The molecule has 3 heteroatoms. The summed E-state index contributed by atoms with van der Waals surface area (Å²) >= 11 is 0. The molecule has 0 bridgehead atoms. The Morgan fingerprint density at radius 1 is 1.29 bits per heavy atom. The van der Waals surface area contributed by atoms with Crippen LogP contribution in [0.25, 0.3) is 0 Å². The van der Waals surface area contributed by atoms with Crippen LogP contribution in [0.15, 0.2) is 24.3 Å². The van der Waals surface area contributed by atoms with Crippen molar-refractivity contribution in [3.05, 3.63) is 29.8 Å². The molecule has 1 N–H and O–H groups in total. The topological polar surface area (TPSA) is 32.3 Å². The van der Waals surface area contributed by atoms with Gasteiger partial charge in [0.1, 0.15) is 0 Å². The Morgan fingerprint density at radius 2 is 1.88 bits per heavy atom. The number of hydrogen-bond acceptors (Lipinski definition) is 2. The molecule has 1 unspecified atom stereocenters. The highest BCUT2D eigenvalue weighted by molar-refractivity contribution is 5.98. The van der Waals surface area contributed by atoms with E-state index < -0.39 is 0 Å². The largest absolute Gasteiger partial charge is 0.309 e. The lowest BCUT2D eigenvalue weighted by atomic mass is 9.98. The number of nitrogens with one attached hydrogen (secondary N) is 1. The van der Waals surface area contributed by atoms with Gasteiger partial charge in [-0.15, -0.1) is 0 Å². The summed E-state index contributed by atoms with van der Waals surface area (Å²) in [6.45, 7) is 8.92. The van der Waals surface area contributed by atoms with Crippen molar-refractivity contribution in [1.82, 2.24) is 5.32 Å². The molecule has 1 atom stereocenters. The molecule has 1 heterocycles. The Bertz CT molecular complexity index is 422. The second kappa shape index (κ2) is 4.15. The Morgan fingerprint density at radius 3 is 2.47 bits per heavy atom. The summed E-state index contributed by atoms with van der Waals surface area (Å²) in [5, 5.41) is 3.33. The van der Waals surface area contributed by atoms with E-state index in [9.17, 15) is 4.79 Å². The molecule has 1 aromatic carbocycles. The third kappa shape index (κ3) is 2.50. The lowest BCUT2D eigenvalue weighted by molar-refractivity contribution is -0.122. The highest BCUT2D eigenvalue weighted by atomic mass is 16.2. The predicted octanol–water partition coefficient (Wildman–Crippen LogP) is 2.10. The second-order valence-electron chi connectivity index (χ2n) is 5.51. The molecular formula is C14H20N2O. The number of aryl methyl sites for hydroxylation is 1. The minimum atomic E-state index is -0.125. The lowest BCUT2D eigenvalue weighted by Gasteiger charge is -2.42. The molecule has 1 aliphatic rings. The van der Waals surface area contributed by atoms with Gasteiger partial charge in [0.2, 0.25) is 5.91 Å². The molecule has 1 amide bonds. The van der Waals surface area contributed by atoms with E-state index in [-0.39, 0.29) is 17.5 Å². The normalized spacial score (nSPS) is 23.9.